The van der Waals surface area contributed by atoms with Crippen LogP contribution in [0, 0.1) is 5.92 Å². The van der Waals surface area contributed by atoms with Crippen LogP contribution in [-0.4, -0.2) is 89.0 Å². The Morgan fingerprint density at radius 3 is 2.50 bits per heavy atom. The van der Waals surface area contributed by atoms with E-state index in [0.29, 0.717) is 47.4 Å². The van der Waals surface area contributed by atoms with Gasteiger partial charge in [0.15, 0.2) is 0 Å². The quantitative estimate of drug-likeness (QED) is 0.0765. The van der Waals surface area contributed by atoms with Gasteiger partial charge in [0.05, 0.1) is 31.5 Å². The Morgan fingerprint density at radius 1 is 1.09 bits per heavy atom. The molecular weight excluding hydrogens is 690 g/mol. The number of aromatic nitrogens is 1. The van der Waals surface area contributed by atoms with Crippen LogP contribution in [0.25, 0.3) is 22.2 Å². The average Bonchev–Trinajstić information content (AvgIpc) is 3.70. The van der Waals surface area contributed by atoms with Crippen LogP contribution in [0.3, 0.4) is 0 Å². The molecular formula is C41H55N5O8. The van der Waals surface area contributed by atoms with Gasteiger partial charge in [0.1, 0.15) is 34.8 Å². The Bertz CT molecular complexity index is 1870. The highest BCUT2D eigenvalue weighted by molar-refractivity contribution is 5.95. The monoisotopic (exact) mass is 745 g/mol. The number of fused-ring (bicyclic) bond motifs is 1. The van der Waals surface area contributed by atoms with Gasteiger partial charge in [-0.2, -0.15) is 0 Å². The minimum atomic E-state index is -1.29. The Kier molecular flexibility index (Phi) is 12.5. The number of hydrogen-bond acceptors (Lipinski definition) is 9. The van der Waals surface area contributed by atoms with Crippen molar-refractivity contribution in [3.8, 4) is 22.8 Å². The molecule has 292 valence electrons. The summed E-state index contributed by atoms with van der Waals surface area (Å²) in [6.45, 7) is 14.7. The van der Waals surface area contributed by atoms with E-state index in [0.717, 1.165) is 12.0 Å². The molecule has 1 unspecified atom stereocenters. The molecule has 1 aliphatic carbocycles. The van der Waals surface area contributed by atoms with Crippen molar-refractivity contribution in [1.29, 1.82) is 0 Å². The van der Waals surface area contributed by atoms with E-state index in [2.05, 4.69) is 23.9 Å². The molecule has 1 aromatic heterocycles. The molecule has 2 aliphatic rings. The molecule has 5 rings (SSSR count). The minimum absolute atomic E-state index is 0. The fourth-order valence-electron chi connectivity index (χ4n) is 6.57. The third-order valence-corrected chi connectivity index (χ3v) is 9.33. The van der Waals surface area contributed by atoms with Gasteiger partial charge in [0.25, 0.3) is 0 Å². The number of ether oxygens (including phenoxy) is 4. The number of carbonyl (C=O) groups is 4. The first kappa shape index (κ1) is 39.6. The molecule has 0 radical (unpaired) electrons. The number of urea groups is 1. The summed E-state index contributed by atoms with van der Waals surface area (Å²) in [6.07, 6.45) is 4.31. The molecule has 13 heteroatoms. The third-order valence-electron chi connectivity index (χ3n) is 9.33. The molecule has 0 bridgehead atoms. The number of pyridine rings is 1. The minimum Gasteiger partial charge on any atom is -0.497 e. The van der Waals surface area contributed by atoms with Crippen molar-refractivity contribution in [3.05, 3.63) is 79.9 Å². The fraction of sp³-hybridized carbons (Fsp3) is 0.439. The summed E-state index contributed by atoms with van der Waals surface area (Å²) < 4.78 is 23.0. The molecule has 1 aliphatic heterocycles. The van der Waals surface area contributed by atoms with E-state index in [-0.39, 0.29) is 34.9 Å². The zero-order chi connectivity index (χ0) is 39.0. The fourth-order valence-corrected chi connectivity index (χ4v) is 6.57. The number of likely N-dealkylation sites (tertiary alicyclic amines) is 1. The Labute approximate surface area is 319 Å². The van der Waals surface area contributed by atoms with Crippen LogP contribution >= 0.6 is 0 Å². The van der Waals surface area contributed by atoms with Gasteiger partial charge >= 0.3 is 18.1 Å². The van der Waals surface area contributed by atoms with Crippen molar-refractivity contribution in [1.82, 2.24) is 25.6 Å². The van der Waals surface area contributed by atoms with E-state index in [4.69, 9.17) is 23.9 Å². The normalized spacial score (nSPS) is 20.4. The maximum atomic E-state index is 14.5. The van der Waals surface area contributed by atoms with Gasteiger partial charge in [0.2, 0.25) is 5.91 Å². The number of benzene rings is 2. The van der Waals surface area contributed by atoms with Gasteiger partial charge in [-0.3, -0.25) is 4.79 Å². The van der Waals surface area contributed by atoms with Crippen LogP contribution in [0.5, 0.6) is 11.5 Å². The number of hydrogen-bond donors (Lipinski definition) is 2. The summed E-state index contributed by atoms with van der Waals surface area (Å²) in [5, 5.41) is 4.79. The van der Waals surface area contributed by atoms with Crippen LogP contribution < -0.4 is 20.2 Å². The van der Waals surface area contributed by atoms with Crippen LogP contribution in [0.4, 0.5) is 9.59 Å². The second-order valence-corrected chi connectivity index (χ2v) is 14.5. The molecule has 0 spiro atoms. The van der Waals surface area contributed by atoms with Crippen LogP contribution in [0.1, 0.15) is 62.7 Å². The molecule has 1 saturated heterocycles. The molecule has 2 N–H and O–H groups in total. The number of allylic oxidation sites excluding steroid dienone is 1. The van der Waals surface area contributed by atoms with Gasteiger partial charge in [0, 0.05) is 44.8 Å². The van der Waals surface area contributed by atoms with Gasteiger partial charge in [-0.1, -0.05) is 42.5 Å². The van der Waals surface area contributed by atoms with E-state index < -0.39 is 47.3 Å². The molecule has 2 aromatic carbocycles. The van der Waals surface area contributed by atoms with Crippen molar-refractivity contribution in [2.45, 2.75) is 83.1 Å². The molecule has 2 fully saturated rings. The predicted octanol–water partition coefficient (Wildman–Crippen LogP) is 7.07. The van der Waals surface area contributed by atoms with Gasteiger partial charge in [-0.25, -0.2) is 29.8 Å². The average molecular weight is 746 g/mol. The van der Waals surface area contributed by atoms with Gasteiger partial charge in [-0.15, -0.1) is 13.2 Å². The first-order chi connectivity index (χ1) is 25.8. The molecule has 54 heavy (non-hydrogen) atoms. The smallest absolute Gasteiger partial charge is 0.426 e. The maximum absolute atomic E-state index is 14.5. The first-order valence-electron chi connectivity index (χ1n) is 18.3. The highest BCUT2D eigenvalue weighted by Gasteiger charge is 2.62. The summed E-state index contributed by atoms with van der Waals surface area (Å²) in [4.78, 5) is 61.1. The topological polar surface area (TPSA) is 149 Å². The predicted molar refractivity (Wildman–Crippen MR) is 209 cm³/mol. The van der Waals surface area contributed by atoms with E-state index >= 15 is 0 Å². The lowest BCUT2D eigenvalue weighted by Gasteiger charge is -2.32. The Hall–Kier alpha value is -5.59. The van der Waals surface area contributed by atoms with Crippen LogP contribution in [-0.2, 0) is 19.1 Å². The number of unbranched alkanes of at least 4 members (excludes halogenated alkanes) is 2. The van der Waals surface area contributed by atoms with Crippen molar-refractivity contribution < 1.29 is 41.0 Å². The number of rotatable bonds is 14. The molecule has 13 nitrogen and oxygen atoms in total. The Morgan fingerprint density at radius 2 is 1.85 bits per heavy atom. The summed E-state index contributed by atoms with van der Waals surface area (Å²) >= 11 is 0. The maximum Gasteiger partial charge on any atom is 0.426 e. The lowest BCUT2D eigenvalue weighted by atomic mass is 10.1. The second-order valence-electron chi connectivity index (χ2n) is 14.5. The van der Waals surface area contributed by atoms with Crippen molar-refractivity contribution >= 4 is 34.9 Å². The number of nitrogens with zero attached hydrogens (tertiary/aromatic N) is 3. The van der Waals surface area contributed by atoms with E-state index in [1.807, 2.05) is 54.6 Å². The number of carbonyl (C=O) groups excluding carboxylic acids is 4. The first-order valence-corrected chi connectivity index (χ1v) is 18.3. The van der Waals surface area contributed by atoms with E-state index in [9.17, 15) is 19.2 Å². The zero-order valence-electron chi connectivity index (χ0n) is 31.8. The molecule has 3 aromatic rings. The SMILES string of the molecule is C=CCCCCN(NC(=O)OC(C)(C)C)C(=O)N1C[C@H](Oc2cc(-c3ccccc3)nc3cc(OC)ccc23)C[C@H]1C(=O)N[C@]1(C(=O)OCC)CC1C=C.[HH].[HH]. The van der Waals surface area contributed by atoms with Crippen LogP contribution in [0.2, 0.25) is 0 Å². The highest BCUT2D eigenvalue weighted by Crippen LogP contribution is 2.46. The van der Waals surface area contributed by atoms with Gasteiger partial charge in [-0.05, 0) is 65.5 Å². The van der Waals surface area contributed by atoms with E-state index in [1.54, 1.807) is 47.0 Å². The van der Waals surface area contributed by atoms with Crippen molar-refractivity contribution in [2.75, 3.05) is 26.8 Å². The second kappa shape index (κ2) is 17.0. The summed E-state index contributed by atoms with van der Waals surface area (Å²) in [5.74, 6) is -0.311. The summed E-state index contributed by atoms with van der Waals surface area (Å²) in [6, 6.07) is 15.3. The summed E-state index contributed by atoms with van der Waals surface area (Å²) in [7, 11) is 1.58. The van der Waals surface area contributed by atoms with Crippen molar-refractivity contribution in [2.24, 2.45) is 5.92 Å². The standard InChI is InChI=1S/C41H51N5O8.2H2/c1-8-11-12-16-21-46(44-38(49)54-40(4,5)6)39(50)45-26-30(23-34(45)36(47)43-41(25-28(41)9-2)37(48)52-10-3)53-35-24-32(27-17-14-13-15-18-27)42-33-22-29(51-7)19-20-31(33)35;;/h8-9,13-15,17-20,22,24,28,30,34H,1-2,10-12,16,21,23,25-26H2,3-7H3,(H,43,47)(H,44,49);2*1H/t28?,30-,34+,41-;;/m1../s1. The molecule has 1 saturated carbocycles. The lowest BCUT2D eigenvalue weighted by Crippen LogP contribution is -2.58. The lowest BCUT2D eigenvalue weighted by molar-refractivity contribution is -0.149. The summed E-state index contributed by atoms with van der Waals surface area (Å²) in [5.41, 5.74) is 2.67. The largest absolute Gasteiger partial charge is 0.497 e. The molecule has 4 atom stereocenters. The zero-order valence-corrected chi connectivity index (χ0v) is 31.8. The number of hydrazine groups is 1. The van der Waals surface area contributed by atoms with Gasteiger partial charge < -0.3 is 29.2 Å². The van der Waals surface area contributed by atoms with Crippen LogP contribution in [0.15, 0.2) is 79.9 Å². The highest BCUT2D eigenvalue weighted by atomic mass is 16.6. The third kappa shape index (κ3) is 9.31. The number of esters is 1. The molecule has 2 heterocycles. The molecule has 4 amide bonds. The number of methoxy groups -OCH3 is 1. The number of nitrogens with one attached hydrogen (secondary N) is 2. The Balaban J connectivity index is 0.00000420. The van der Waals surface area contributed by atoms with E-state index in [1.165, 1.54) is 9.91 Å². The van der Waals surface area contributed by atoms with Crippen molar-refractivity contribution in [3.63, 3.8) is 0 Å². The number of amides is 4.